The number of nitrogens with zero attached hydrogens (tertiary/aromatic N) is 2. The molecule has 0 saturated heterocycles. The van der Waals surface area contributed by atoms with Crippen molar-refractivity contribution in [3.8, 4) is 5.75 Å². The number of methoxy groups -OCH3 is 1. The normalized spacial score (nSPS) is 10.0. The van der Waals surface area contributed by atoms with Crippen LogP contribution in [0.3, 0.4) is 0 Å². The van der Waals surface area contributed by atoms with Gasteiger partial charge in [0.1, 0.15) is 11.6 Å². The van der Waals surface area contributed by atoms with E-state index in [1.165, 1.54) is 19.5 Å². The Hall–Kier alpha value is -2.34. The first-order valence-electron chi connectivity index (χ1n) is 5.26. The van der Waals surface area contributed by atoms with Gasteiger partial charge in [0.2, 0.25) is 0 Å². The van der Waals surface area contributed by atoms with E-state index in [1.807, 2.05) is 0 Å². The van der Waals surface area contributed by atoms with Crippen molar-refractivity contribution in [2.75, 3.05) is 12.4 Å². The van der Waals surface area contributed by atoms with Gasteiger partial charge in [-0.1, -0.05) is 11.6 Å². The summed E-state index contributed by atoms with van der Waals surface area (Å²) in [5.74, 6) is -0.239. The van der Waals surface area contributed by atoms with Crippen LogP contribution in [0.4, 0.5) is 11.5 Å². The number of aromatic nitrogens is 2. The third-order valence-corrected chi connectivity index (χ3v) is 2.62. The van der Waals surface area contributed by atoms with Crippen molar-refractivity contribution in [2.45, 2.75) is 0 Å². The van der Waals surface area contributed by atoms with Crippen molar-refractivity contribution < 1.29 is 14.6 Å². The van der Waals surface area contributed by atoms with Crippen molar-refractivity contribution in [2.24, 2.45) is 0 Å². The van der Waals surface area contributed by atoms with Crippen LogP contribution in [0.2, 0.25) is 5.02 Å². The first-order valence-corrected chi connectivity index (χ1v) is 5.64. The lowest BCUT2D eigenvalue weighted by molar-refractivity contribution is 0.0690. The molecule has 2 aromatic rings. The van der Waals surface area contributed by atoms with Gasteiger partial charge in [0.15, 0.2) is 5.69 Å². The molecule has 0 aliphatic carbocycles. The third kappa shape index (κ3) is 3.11. The molecule has 0 amide bonds. The predicted octanol–water partition coefficient (Wildman–Crippen LogP) is 2.58. The number of nitrogens with one attached hydrogen (secondary N) is 1. The molecule has 0 fully saturated rings. The molecule has 7 heteroatoms. The lowest BCUT2D eigenvalue weighted by atomic mass is 10.3. The molecular formula is C12H10ClN3O3. The Kier molecular flexibility index (Phi) is 3.82. The van der Waals surface area contributed by atoms with Crippen molar-refractivity contribution in [1.29, 1.82) is 0 Å². The van der Waals surface area contributed by atoms with E-state index in [4.69, 9.17) is 21.4 Å². The van der Waals surface area contributed by atoms with Crippen LogP contribution >= 0.6 is 11.6 Å². The fourth-order valence-electron chi connectivity index (χ4n) is 1.39. The molecule has 0 aliphatic heterocycles. The van der Waals surface area contributed by atoms with Crippen LogP contribution in [0.25, 0.3) is 0 Å². The van der Waals surface area contributed by atoms with Crippen molar-refractivity contribution in [3.63, 3.8) is 0 Å². The topological polar surface area (TPSA) is 84.3 Å². The third-order valence-electron chi connectivity index (χ3n) is 2.29. The molecule has 2 N–H and O–H groups in total. The molecule has 0 aliphatic rings. The maximum Gasteiger partial charge on any atom is 0.356 e. The van der Waals surface area contributed by atoms with Crippen molar-refractivity contribution >= 4 is 29.1 Å². The Bertz CT molecular complexity index is 619. The number of carbonyl (C=O) groups is 1. The smallest absolute Gasteiger partial charge is 0.356 e. The minimum atomic E-state index is -1.15. The largest absolute Gasteiger partial charge is 0.497 e. The second-order valence-corrected chi connectivity index (χ2v) is 3.97. The van der Waals surface area contributed by atoms with Gasteiger partial charge >= 0.3 is 5.97 Å². The number of carboxylic acids is 1. The monoisotopic (exact) mass is 279 g/mol. The summed E-state index contributed by atoms with van der Waals surface area (Å²) >= 11 is 6.02. The van der Waals surface area contributed by atoms with Gasteiger partial charge in [0.25, 0.3) is 0 Å². The molecule has 0 spiro atoms. The summed E-state index contributed by atoms with van der Waals surface area (Å²) in [6, 6.07) is 5.06. The average molecular weight is 280 g/mol. The number of anilines is 2. The van der Waals surface area contributed by atoms with E-state index in [0.717, 1.165) is 0 Å². The molecule has 2 rings (SSSR count). The molecule has 6 nitrogen and oxygen atoms in total. The zero-order valence-corrected chi connectivity index (χ0v) is 10.7. The minimum Gasteiger partial charge on any atom is -0.497 e. The van der Waals surface area contributed by atoms with Gasteiger partial charge in [-0.15, -0.1) is 0 Å². The standard InChI is InChI=1S/C12H10ClN3O3/c1-19-7-2-3-8(13)9(4-7)15-11-6-14-5-10(16-11)12(17)18/h2-6H,1H3,(H,15,16)(H,17,18). The van der Waals surface area contributed by atoms with E-state index in [-0.39, 0.29) is 11.5 Å². The van der Waals surface area contributed by atoms with E-state index in [2.05, 4.69) is 15.3 Å². The number of benzene rings is 1. The zero-order valence-electron chi connectivity index (χ0n) is 9.92. The minimum absolute atomic E-state index is 0.149. The SMILES string of the molecule is COc1ccc(Cl)c(Nc2cncc(C(=O)O)n2)c1. The number of aromatic carboxylic acids is 1. The maximum atomic E-state index is 10.8. The molecule has 0 saturated carbocycles. The molecule has 1 aromatic carbocycles. The summed E-state index contributed by atoms with van der Waals surface area (Å²) in [6.07, 6.45) is 2.57. The van der Waals surface area contributed by atoms with E-state index < -0.39 is 5.97 Å². The number of carboxylic acid groups (broad SMARTS) is 1. The van der Waals surface area contributed by atoms with Gasteiger partial charge in [-0.25, -0.2) is 9.78 Å². The highest BCUT2D eigenvalue weighted by Gasteiger charge is 2.08. The Morgan fingerprint density at radius 1 is 1.42 bits per heavy atom. The van der Waals surface area contributed by atoms with E-state index >= 15 is 0 Å². The summed E-state index contributed by atoms with van der Waals surface area (Å²) in [5.41, 5.74) is 0.405. The number of hydrogen-bond donors (Lipinski definition) is 2. The van der Waals surface area contributed by atoms with Crippen LogP contribution in [0.5, 0.6) is 5.75 Å². The van der Waals surface area contributed by atoms with Gasteiger partial charge < -0.3 is 15.2 Å². The molecule has 0 atom stereocenters. The van der Waals surface area contributed by atoms with Crippen LogP contribution in [0.15, 0.2) is 30.6 Å². The molecule has 0 unspecified atom stereocenters. The van der Waals surface area contributed by atoms with Crippen LogP contribution in [-0.2, 0) is 0 Å². The summed E-state index contributed by atoms with van der Waals surface area (Å²) in [5, 5.41) is 12.2. The second kappa shape index (κ2) is 5.53. The highest BCUT2D eigenvalue weighted by atomic mass is 35.5. The first kappa shape index (κ1) is 13.1. The number of ether oxygens (including phenoxy) is 1. The fourth-order valence-corrected chi connectivity index (χ4v) is 1.56. The molecule has 0 bridgehead atoms. The van der Waals surface area contributed by atoms with Crippen molar-refractivity contribution in [1.82, 2.24) is 9.97 Å². The Labute approximate surface area is 114 Å². The highest BCUT2D eigenvalue weighted by Crippen LogP contribution is 2.28. The lowest BCUT2D eigenvalue weighted by Gasteiger charge is -2.09. The summed E-state index contributed by atoms with van der Waals surface area (Å²) in [4.78, 5) is 18.5. The van der Waals surface area contributed by atoms with Gasteiger partial charge in [-0.05, 0) is 12.1 Å². The number of rotatable bonds is 4. The molecule has 0 radical (unpaired) electrons. The number of halogens is 1. The quantitative estimate of drug-likeness (QED) is 0.895. The van der Waals surface area contributed by atoms with Gasteiger partial charge in [0.05, 0.1) is 30.2 Å². The molecule has 98 valence electrons. The molecular weight excluding hydrogens is 270 g/mol. The Morgan fingerprint density at radius 2 is 2.21 bits per heavy atom. The van der Waals surface area contributed by atoms with Crippen LogP contribution in [0.1, 0.15) is 10.5 Å². The summed E-state index contributed by atoms with van der Waals surface area (Å²) < 4.78 is 5.08. The average Bonchev–Trinajstić information content (AvgIpc) is 2.41. The van der Waals surface area contributed by atoms with Gasteiger partial charge in [0, 0.05) is 6.07 Å². The summed E-state index contributed by atoms with van der Waals surface area (Å²) in [7, 11) is 1.54. The molecule has 1 aromatic heterocycles. The fraction of sp³-hybridized carbons (Fsp3) is 0.0833. The van der Waals surface area contributed by atoms with Gasteiger partial charge in [-0.3, -0.25) is 4.98 Å². The van der Waals surface area contributed by atoms with Crippen molar-refractivity contribution in [3.05, 3.63) is 41.3 Å². The maximum absolute atomic E-state index is 10.8. The first-order chi connectivity index (χ1) is 9.10. The Balaban J connectivity index is 2.30. The lowest BCUT2D eigenvalue weighted by Crippen LogP contribution is -2.04. The van der Waals surface area contributed by atoms with Crippen LogP contribution in [0, 0.1) is 0 Å². The van der Waals surface area contributed by atoms with E-state index in [9.17, 15) is 4.79 Å². The van der Waals surface area contributed by atoms with Gasteiger partial charge in [-0.2, -0.15) is 0 Å². The van der Waals surface area contributed by atoms with Crippen LogP contribution in [-0.4, -0.2) is 28.2 Å². The second-order valence-electron chi connectivity index (χ2n) is 3.57. The van der Waals surface area contributed by atoms with Crippen LogP contribution < -0.4 is 10.1 Å². The summed E-state index contributed by atoms with van der Waals surface area (Å²) in [6.45, 7) is 0. The molecule has 19 heavy (non-hydrogen) atoms. The Morgan fingerprint density at radius 3 is 2.89 bits per heavy atom. The number of hydrogen-bond acceptors (Lipinski definition) is 5. The van der Waals surface area contributed by atoms with E-state index in [1.54, 1.807) is 18.2 Å². The molecule has 1 heterocycles. The highest BCUT2D eigenvalue weighted by molar-refractivity contribution is 6.33. The predicted molar refractivity (Wildman–Crippen MR) is 70.3 cm³/mol. The van der Waals surface area contributed by atoms with E-state index in [0.29, 0.717) is 16.5 Å². The zero-order chi connectivity index (χ0) is 13.8.